The van der Waals surface area contributed by atoms with Gasteiger partial charge < -0.3 is 19.5 Å². The molecule has 1 aromatic heterocycles. The Balaban J connectivity index is 2.01. The van der Waals surface area contributed by atoms with Crippen LogP contribution in [0.2, 0.25) is 0 Å². The fraction of sp³-hybridized carbons (Fsp3) is 0.381. The van der Waals surface area contributed by atoms with E-state index in [1.807, 2.05) is 0 Å². The van der Waals surface area contributed by atoms with Crippen LogP contribution in [-0.2, 0) is 23.6 Å². The number of nitrogens with one attached hydrogen (secondary N) is 1. The summed E-state index contributed by atoms with van der Waals surface area (Å²) >= 11 is 0. The highest BCUT2D eigenvalue weighted by molar-refractivity contribution is 5.94. The minimum atomic E-state index is -0.743. The molecule has 1 atom stereocenters. The van der Waals surface area contributed by atoms with Crippen LogP contribution in [0, 0.1) is 0 Å². The smallest absolute Gasteiger partial charge is 0.337 e. The van der Waals surface area contributed by atoms with Crippen LogP contribution in [-0.4, -0.2) is 28.0 Å². The van der Waals surface area contributed by atoms with Crippen LogP contribution in [0.3, 0.4) is 0 Å². The normalized spacial score (nSPS) is 17.1. The molecule has 9 nitrogen and oxygen atoms in total. The van der Waals surface area contributed by atoms with Gasteiger partial charge in [0.1, 0.15) is 5.82 Å². The summed E-state index contributed by atoms with van der Waals surface area (Å²) in [7, 11) is 2.99. The standard InChI is InChI=1S/C21H23N3O6/c1-10(2)30-20(26)15-11(3)22-18-17(19(25)24(5)21(27)23(18)4)16(15)12-6-7-13-14(8-12)29-9-28-13/h6-8,10,16,22H,9H2,1-5H3/t16-/m1/s1. The van der Waals surface area contributed by atoms with Gasteiger partial charge in [0.15, 0.2) is 11.5 Å². The van der Waals surface area contributed by atoms with Crippen molar-refractivity contribution < 1.29 is 19.0 Å². The molecule has 0 spiro atoms. The predicted octanol–water partition coefficient (Wildman–Crippen LogP) is 1.60. The Kier molecular flexibility index (Phi) is 4.68. The topological polar surface area (TPSA) is 101 Å². The lowest BCUT2D eigenvalue weighted by Gasteiger charge is -2.31. The highest BCUT2D eigenvalue weighted by Gasteiger charge is 2.38. The van der Waals surface area contributed by atoms with Crippen LogP contribution >= 0.6 is 0 Å². The van der Waals surface area contributed by atoms with E-state index < -0.39 is 23.1 Å². The van der Waals surface area contributed by atoms with E-state index in [2.05, 4.69) is 5.32 Å². The number of nitrogens with zero attached hydrogens (tertiary/aromatic N) is 2. The van der Waals surface area contributed by atoms with Gasteiger partial charge >= 0.3 is 11.7 Å². The molecule has 0 unspecified atom stereocenters. The monoisotopic (exact) mass is 413 g/mol. The third-order valence-corrected chi connectivity index (χ3v) is 5.28. The number of aromatic nitrogens is 2. The van der Waals surface area contributed by atoms with E-state index in [0.29, 0.717) is 39.7 Å². The van der Waals surface area contributed by atoms with Crippen LogP contribution in [0.5, 0.6) is 11.5 Å². The molecule has 4 rings (SSSR count). The molecule has 0 bridgehead atoms. The van der Waals surface area contributed by atoms with Gasteiger partial charge in [-0.15, -0.1) is 0 Å². The van der Waals surface area contributed by atoms with Crippen LogP contribution < -0.4 is 26.0 Å². The first-order chi connectivity index (χ1) is 14.2. The second-order valence-corrected chi connectivity index (χ2v) is 7.63. The van der Waals surface area contributed by atoms with E-state index in [1.165, 1.54) is 11.6 Å². The Bertz CT molecular complexity index is 1200. The molecule has 158 valence electrons. The van der Waals surface area contributed by atoms with Gasteiger partial charge in [0.25, 0.3) is 5.56 Å². The van der Waals surface area contributed by atoms with Crippen molar-refractivity contribution in [2.24, 2.45) is 14.1 Å². The number of rotatable bonds is 3. The molecular formula is C21H23N3O6. The number of anilines is 1. The Labute approximate surface area is 172 Å². The Morgan fingerprint density at radius 2 is 1.87 bits per heavy atom. The molecule has 0 saturated carbocycles. The number of carbonyl (C=O) groups is 1. The second-order valence-electron chi connectivity index (χ2n) is 7.63. The van der Waals surface area contributed by atoms with Crippen LogP contribution in [0.15, 0.2) is 39.1 Å². The number of esters is 1. The van der Waals surface area contributed by atoms with Crippen LogP contribution in [0.4, 0.5) is 5.82 Å². The quantitative estimate of drug-likeness (QED) is 0.763. The van der Waals surface area contributed by atoms with E-state index >= 15 is 0 Å². The number of ether oxygens (including phenoxy) is 3. The first kappa shape index (κ1) is 19.8. The maximum atomic E-state index is 13.2. The third-order valence-electron chi connectivity index (χ3n) is 5.28. The molecule has 1 aromatic carbocycles. The van der Waals surface area contributed by atoms with Crippen molar-refractivity contribution in [2.45, 2.75) is 32.8 Å². The van der Waals surface area contributed by atoms with E-state index in [9.17, 15) is 14.4 Å². The van der Waals surface area contributed by atoms with Gasteiger partial charge in [0.2, 0.25) is 6.79 Å². The summed E-state index contributed by atoms with van der Waals surface area (Å²) in [5.41, 5.74) is 0.833. The van der Waals surface area contributed by atoms with Gasteiger partial charge in [0, 0.05) is 19.8 Å². The number of allylic oxidation sites excluding steroid dienone is 1. The van der Waals surface area contributed by atoms with Crippen molar-refractivity contribution in [3.8, 4) is 11.5 Å². The summed E-state index contributed by atoms with van der Waals surface area (Å²) in [6.07, 6.45) is -0.334. The Hall–Kier alpha value is -3.49. The molecule has 2 aliphatic heterocycles. The predicted molar refractivity (Wildman–Crippen MR) is 109 cm³/mol. The summed E-state index contributed by atoms with van der Waals surface area (Å²) in [5, 5.41) is 3.07. The van der Waals surface area contributed by atoms with E-state index in [1.54, 1.807) is 46.0 Å². The lowest BCUT2D eigenvalue weighted by atomic mass is 9.82. The number of hydrogen-bond acceptors (Lipinski definition) is 7. The minimum absolute atomic E-state index is 0.106. The molecule has 2 aromatic rings. The van der Waals surface area contributed by atoms with Gasteiger partial charge in [0.05, 0.1) is 23.2 Å². The average Bonchev–Trinajstić information content (AvgIpc) is 3.16. The molecule has 30 heavy (non-hydrogen) atoms. The summed E-state index contributed by atoms with van der Waals surface area (Å²) in [4.78, 5) is 38.7. The lowest BCUT2D eigenvalue weighted by Crippen LogP contribution is -2.43. The number of carbonyl (C=O) groups excluding carboxylic acids is 1. The SMILES string of the molecule is CC1=C(C(=O)OC(C)C)[C@@H](c2ccc3c(c2)OCO3)c2c(n(C)c(=O)n(C)c2=O)N1. The molecule has 0 saturated heterocycles. The summed E-state index contributed by atoms with van der Waals surface area (Å²) in [6, 6.07) is 5.28. The molecule has 0 fully saturated rings. The zero-order valence-electron chi connectivity index (χ0n) is 17.4. The summed E-state index contributed by atoms with van der Waals surface area (Å²) in [6.45, 7) is 5.35. The van der Waals surface area contributed by atoms with Crippen molar-refractivity contribution in [1.82, 2.24) is 9.13 Å². The average molecular weight is 413 g/mol. The van der Waals surface area contributed by atoms with E-state index in [0.717, 1.165) is 4.57 Å². The zero-order chi connectivity index (χ0) is 21.7. The van der Waals surface area contributed by atoms with Crippen molar-refractivity contribution in [3.63, 3.8) is 0 Å². The van der Waals surface area contributed by atoms with Gasteiger partial charge in [-0.1, -0.05) is 6.07 Å². The molecule has 0 radical (unpaired) electrons. The molecule has 9 heteroatoms. The van der Waals surface area contributed by atoms with Crippen molar-refractivity contribution in [2.75, 3.05) is 12.1 Å². The van der Waals surface area contributed by atoms with Gasteiger partial charge in [-0.25, -0.2) is 9.59 Å². The fourth-order valence-corrected chi connectivity index (χ4v) is 3.86. The lowest BCUT2D eigenvalue weighted by molar-refractivity contribution is -0.143. The number of benzene rings is 1. The van der Waals surface area contributed by atoms with E-state index in [4.69, 9.17) is 14.2 Å². The van der Waals surface area contributed by atoms with Crippen LogP contribution in [0.25, 0.3) is 0 Å². The highest BCUT2D eigenvalue weighted by Crippen LogP contribution is 2.43. The van der Waals surface area contributed by atoms with Crippen molar-refractivity contribution in [1.29, 1.82) is 0 Å². The van der Waals surface area contributed by atoms with Gasteiger partial charge in [-0.3, -0.25) is 13.9 Å². The maximum absolute atomic E-state index is 13.2. The Morgan fingerprint density at radius 3 is 2.57 bits per heavy atom. The molecule has 3 heterocycles. The molecular weight excluding hydrogens is 390 g/mol. The van der Waals surface area contributed by atoms with Crippen LogP contribution in [0.1, 0.15) is 37.8 Å². The highest BCUT2D eigenvalue weighted by atomic mass is 16.7. The van der Waals surface area contributed by atoms with Crippen molar-refractivity contribution >= 4 is 11.8 Å². The summed E-state index contributed by atoms with van der Waals surface area (Å²) < 4.78 is 18.8. The van der Waals surface area contributed by atoms with Crippen molar-refractivity contribution in [3.05, 3.63) is 61.4 Å². The van der Waals surface area contributed by atoms with E-state index in [-0.39, 0.29) is 12.9 Å². The maximum Gasteiger partial charge on any atom is 0.337 e. The van der Waals surface area contributed by atoms with Gasteiger partial charge in [-0.05, 0) is 38.5 Å². The third kappa shape index (κ3) is 2.97. The van der Waals surface area contributed by atoms with Gasteiger partial charge in [-0.2, -0.15) is 0 Å². The number of fused-ring (bicyclic) bond motifs is 2. The second kappa shape index (κ2) is 7.08. The fourth-order valence-electron chi connectivity index (χ4n) is 3.86. The molecule has 0 amide bonds. The number of hydrogen-bond donors (Lipinski definition) is 1. The molecule has 0 aliphatic carbocycles. The first-order valence-electron chi connectivity index (χ1n) is 9.59. The summed E-state index contributed by atoms with van der Waals surface area (Å²) in [5.74, 6) is 0.202. The minimum Gasteiger partial charge on any atom is -0.460 e. The first-order valence-corrected chi connectivity index (χ1v) is 9.59. The molecule has 2 aliphatic rings. The Morgan fingerprint density at radius 1 is 1.17 bits per heavy atom. The molecule has 1 N–H and O–H groups in total. The largest absolute Gasteiger partial charge is 0.460 e. The zero-order valence-corrected chi connectivity index (χ0v) is 17.4.